The van der Waals surface area contributed by atoms with Gasteiger partial charge in [-0.25, -0.2) is 0 Å². The monoisotopic (exact) mass is 210 g/mol. The highest BCUT2D eigenvalue weighted by molar-refractivity contribution is 5.76. The predicted molar refractivity (Wildman–Crippen MR) is 54.1 cm³/mol. The molecule has 0 spiro atoms. The quantitative estimate of drug-likeness (QED) is 0.652. The molecule has 0 unspecified atom stereocenters. The van der Waals surface area contributed by atoms with Gasteiger partial charge in [-0.05, 0) is 18.1 Å². The first-order chi connectivity index (χ1) is 7.18. The van der Waals surface area contributed by atoms with Crippen LogP contribution in [0.4, 0.5) is 0 Å². The van der Waals surface area contributed by atoms with Gasteiger partial charge in [0.1, 0.15) is 0 Å². The number of carbonyl (C=O) groups is 2. The van der Waals surface area contributed by atoms with Crippen LogP contribution in [0.1, 0.15) is 24.8 Å². The molecule has 0 radical (unpaired) electrons. The van der Waals surface area contributed by atoms with Gasteiger partial charge in [0.05, 0.1) is 0 Å². The Balaban J connectivity index is 2.11. The molecule has 0 fully saturated rings. The first-order valence-corrected chi connectivity index (χ1v) is 4.78. The molecule has 0 aliphatic rings. The molecule has 1 aromatic rings. The zero-order valence-corrected chi connectivity index (χ0v) is 8.32. The van der Waals surface area contributed by atoms with E-state index < -0.39 is 5.97 Å². The third kappa shape index (κ3) is 4.85. The highest BCUT2D eigenvalue weighted by atomic mass is 16.4. The highest BCUT2D eigenvalue weighted by Gasteiger charge is 2.03. The lowest BCUT2D eigenvalue weighted by Crippen LogP contribution is -2.22. The Bertz CT molecular complexity index is 319. The molecule has 5 heteroatoms. The molecule has 3 N–H and O–H groups in total. The number of aromatic nitrogens is 1. The van der Waals surface area contributed by atoms with E-state index in [0.717, 1.165) is 5.56 Å². The van der Waals surface area contributed by atoms with Crippen molar-refractivity contribution in [3.05, 3.63) is 24.0 Å². The molecule has 0 aromatic carbocycles. The van der Waals surface area contributed by atoms with Crippen molar-refractivity contribution in [2.75, 3.05) is 0 Å². The van der Waals surface area contributed by atoms with E-state index in [1.165, 1.54) is 0 Å². The minimum absolute atomic E-state index is 0.0393. The molecule has 0 aliphatic heterocycles. The smallest absolute Gasteiger partial charge is 0.303 e. The van der Waals surface area contributed by atoms with Crippen molar-refractivity contribution in [2.45, 2.75) is 25.8 Å². The third-order valence-electron chi connectivity index (χ3n) is 1.95. The number of hydrogen-bond donors (Lipinski definition) is 3. The summed E-state index contributed by atoms with van der Waals surface area (Å²) in [7, 11) is 0. The summed E-state index contributed by atoms with van der Waals surface area (Å²) in [6, 6.07) is 1.87. The molecule has 0 saturated heterocycles. The van der Waals surface area contributed by atoms with Gasteiger partial charge >= 0.3 is 5.97 Å². The van der Waals surface area contributed by atoms with E-state index in [9.17, 15) is 9.59 Å². The molecule has 1 rings (SSSR count). The van der Waals surface area contributed by atoms with E-state index in [4.69, 9.17) is 5.11 Å². The van der Waals surface area contributed by atoms with Crippen LogP contribution in [0.25, 0.3) is 0 Å². The minimum Gasteiger partial charge on any atom is -0.481 e. The topological polar surface area (TPSA) is 82.2 Å². The number of aliphatic carboxylic acids is 1. The van der Waals surface area contributed by atoms with Gasteiger partial charge in [0.2, 0.25) is 5.91 Å². The van der Waals surface area contributed by atoms with Crippen LogP contribution in [0.5, 0.6) is 0 Å². The summed E-state index contributed by atoms with van der Waals surface area (Å²) in [4.78, 5) is 24.3. The fourth-order valence-electron chi connectivity index (χ4n) is 1.16. The third-order valence-corrected chi connectivity index (χ3v) is 1.95. The fraction of sp³-hybridized carbons (Fsp3) is 0.400. The molecule has 0 aliphatic carbocycles. The Morgan fingerprint density at radius 1 is 1.40 bits per heavy atom. The maximum atomic E-state index is 11.2. The molecular formula is C10H14N2O3. The van der Waals surface area contributed by atoms with Crippen molar-refractivity contribution in [2.24, 2.45) is 0 Å². The molecule has 82 valence electrons. The molecule has 0 atom stereocenters. The lowest BCUT2D eigenvalue weighted by atomic mass is 10.2. The van der Waals surface area contributed by atoms with Crippen LogP contribution in [-0.2, 0) is 16.1 Å². The largest absolute Gasteiger partial charge is 0.481 e. The average molecular weight is 210 g/mol. The molecular weight excluding hydrogens is 196 g/mol. The summed E-state index contributed by atoms with van der Waals surface area (Å²) in [6.45, 7) is 0.482. The second kappa shape index (κ2) is 5.85. The van der Waals surface area contributed by atoms with Crippen molar-refractivity contribution >= 4 is 11.9 Å². The Kier molecular flexibility index (Phi) is 4.40. The zero-order valence-electron chi connectivity index (χ0n) is 8.32. The van der Waals surface area contributed by atoms with Gasteiger partial charge in [0.25, 0.3) is 0 Å². The molecule has 0 bridgehead atoms. The number of nitrogens with one attached hydrogen (secondary N) is 2. The fourth-order valence-corrected chi connectivity index (χ4v) is 1.16. The Hall–Kier alpha value is -1.78. The molecule has 1 amide bonds. The summed E-state index contributed by atoms with van der Waals surface area (Å²) in [6.07, 6.45) is 4.27. The van der Waals surface area contributed by atoms with Gasteiger partial charge < -0.3 is 15.4 Å². The molecule has 1 aromatic heterocycles. The van der Waals surface area contributed by atoms with Gasteiger partial charge in [0, 0.05) is 31.8 Å². The number of carboxylic acids is 1. The van der Waals surface area contributed by atoms with Crippen molar-refractivity contribution in [1.82, 2.24) is 10.3 Å². The van der Waals surface area contributed by atoms with E-state index in [-0.39, 0.29) is 18.7 Å². The standard InChI is InChI=1S/C10H14N2O3/c13-9(2-1-3-10(14)15)12-7-8-4-5-11-6-8/h4-6,11H,1-3,7H2,(H,12,13)(H,14,15). The van der Waals surface area contributed by atoms with Crippen LogP contribution in [0, 0.1) is 0 Å². The van der Waals surface area contributed by atoms with Crippen LogP contribution in [0.2, 0.25) is 0 Å². The summed E-state index contributed by atoms with van der Waals surface area (Å²) in [5, 5.41) is 11.1. The van der Waals surface area contributed by atoms with Gasteiger partial charge in [-0.15, -0.1) is 0 Å². The van der Waals surface area contributed by atoms with E-state index in [0.29, 0.717) is 13.0 Å². The second-order valence-electron chi connectivity index (χ2n) is 3.24. The Morgan fingerprint density at radius 2 is 2.20 bits per heavy atom. The van der Waals surface area contributed by atoms with Crippen LogP contribution in [0.15, 0.2) is 18.5 Å². The summed E-state index contributed by atoms with van der Waals surface area (Å²) >= 11 is 0. The normalized spacial score (nSPS) is 9.87. The number of amides is 1. The summed E-state index contributed by atoms with van der Waals surface area (Å²) in [5.41, 5.74) is 1.00. The number of rotatable bonds is 6. The van der Waals surface area contributed by atoms with Crippen molar-refractivity contribution in [3.8, 4) is 0 Å². The van der Waals surface area contributed by atoms with Crippen molar-refractivity contribution in [1.29, 1.82) is 0 Å². The number of carboxylic acid groups (broad SMARTS) is 1. The lowest BCUT2D eigenvalue weighted by Gasteiger charge is -2.02. The first kappa shape index (κ1) is 11.3. The minimum atomic E-state index is -0.867. The molecule has 0 saturated carbocycles. The van der Waals surface area contributed by atoms with Crippen LogP contribution < -0.4 is 5.32 Å². The van der Waals surface area contributed by atoms with Crippen LogP contribution in [0.3, 0.4) is 0 Å². The lowest BCUT2D eigenvalue weighted by molar-refractivity contribution is -0.137. The van der Waals surface area contributed by atoms with Gasteiger partial charge in [0.15, 0.2) is 0 Å². The zero-order chi connectivity index (χ0) is 11.1. The van der Waals surface area contributed by atoms with E-state index in [1.807, 2.05) is 6.07 Å². The van der Waals surface area contributed by atoms with Crippen molar-refractivity contribution in [3.63, 3.8) is 0 Å². The number of H-pyrrole nitrogens is 1. The van der Waals surface area contributed by atoms with Gasteiger partial charge in [-0.1, -0.05) is 0 Å². The van der Waals surface area contributed by atoms with Crippen LogP contribution >= 0.6 is 0 Å². The predicted octanol–water partition coefficient (Wildman–Crippen LogP) is 0.886. The van der Waals surface area contributed by atoms with E-state index in [2.05, 4.69) is 10.3 Å². The number of aromatic amines is 1. The molecule has 15 heavy (non-hydrogen) atoms. The second-order valence-corrected chi connectivity index (χ2v) is 3.24. The van der Waals surface area contributed by atoms with Gasteiger partial charge in [-0.3, -0.25) is 9.59 Å². The van der Waals surface area contributed by atoms with E-state index in [1.54, 1.807) is 12.4 Å². The summed E-state index contributed by atoms with van der Waals surface area (Å²) < 4.78 is 0. The van der Waals surface area contributed by atoms with Gasteiger partial charge in [-0.2, -0.15) is 0 Å². The summed E-state index contributed by atoms with van der Waals surface area (Å²) in [5.74, 6) is -0.981. The average Bonchev–Trinajstić information content (AvgIpc) is 2.66. The Morgan fingerprint density at radius 3 is 2.80 bits per heavy atom. The van der Waals surface area contributed by atoms with Crippen LogP contribution in [-0.4, -0.2) is 22.0 Å². The number of carbonyl (C=O) groups excluding carboxylic acids is 1. The highest BCUT2D eigenvalue weighted by Crippen LogP contribution is 1.98. The maximum absolute atomic E-state index is 11.2. The number of hydrogen-bond acceptors (Lipinski definition) is 2. The Labute approximate surface area is 87.5 Å². The maximum Gasteiger partial charge on any atom is 0.303 e. The first-order valence-electron chi connectivity index (χ1n) is 4.78. The SMILES string of the molecule is O=C(O)CCCC(=O)NCc1cc[nH]c1. The molecule has 1 heterocycles. The molecule has 5 nitrogen and oxygen atoms in total. The van der Waals surface area contributed by atoms with Crippen molar-refractivity contribution < 1.29 is 14.7 Å². The van der Waals surface area contributed by atoms with E-state index >= 15 is 0 Å².